The van der Waals surface area contributed by atoms with Gasteiger partial charge in [0.15, 0.2) is 11.5 Å². The van der Waals surface area contributed by atoms with Gasteiger partial charge in [0.25, 0.3) is 0 Å². The summed E-state index contributed by atoms with van der Waals surface area (Å²) in [6.07, 6.45) is 4.20. The predicted octanol–water partition coefficient (Wildman–Crippen LogP) is 4.43. The van der Waals surface area contributed by atoms with Crippen LogP contribution in [0.4, 0.5) is 5.69 Å². The van der Waals surface area contributed by atoms with E-state index in [9.17, 15) is 10.2 Å². The Morgan fingerprint density at radius 2 is 1.74 bits per heavy atom. The largest absolute Gasteiger partial charge is 0.504 e. The number of nitrogens with two attached hydrogens (primary N) is 1. The smallest absolute Gasteiger partial charge is 0.160 e. The van der Waals surface area contributed by atoms with E-state index in [-0.39, 0.29) is 45.5 Å². The van der Waals surface area contributed by atoms with Crippen molar-refractivity contribution in [2.24, 2.45) is 5.92 Å². The number of aryl methyl sites for hydroxylation is 1. The first kappa shape index (κ1) is 22.1. The predicted molar refractivity (Wildman–Crippen MR) is 121 cm³/mol. The Bertz CT molecular complexity index is 768. The maximum Gasteiger partial charge on any atom is 0.160 e. The Morgan fingerprint density at radius 3 is 2.48 bits per heavy atom. The molecule has 4 nitrogen and oxygen atoms in total. The van der Waals surface area contributed by atoms with Crippen molar-refractivity contribution in [1.29, 1.82) is 0 Å². The van der Waals surface area contributed by atoms with Crippen molar-refractivity contribution in [3.63, 3.8) is 0 Å². The number of rotatable bonds is 4. The highest BCUT2D eigenvalue weighted by Crippen LogP contribution is 2.46. The van der Waals surface area contributed by atoms with Crippen LogP contribution in [0.5, 0.6) is 11.5 Å². The van der Waals surface area contributed by atoms with Crippen LogP contribution in [0.2, 0.25) is 0 Å². The van der Waals surface area contributed by atoms with Gasteiger partial charge in [-0.2, -0.15) is 0 Å². The summed E-state index contributed by atoms with van der Waals surface area (Å²) in [6.45, 7) is 3.31. The lowest BCUT2D eigenvalue weighted by Gasteiger charge is -2.28. The van der Waals surface area contributed by atoms with Crippen LogP contribution in [-0.2, 0) is 12.8 Å². The SMILES string of the molecule is Br.Br.Nc1ccc(CCCN2CC3CCc4c(ccc(O)c4O)C3C2)cc1. The highest BCUT2D eigenvalue weighted by atomic mass is 79.9. The monoisotopic (exact) mass is 498 g/mol. The van der Waals surface area contributed by atoms with Gasteiger partial charge >= 0.3 is 0 Å². The van der Waals surface area contributed by atoms with E-state index in [1.165, 1.54) is 11.1 Å². The van der Waals surface area contributed by atoms with Gasteiger partial charge in [0.2, 0.25) is 0 Å². The topological polar surface area (TPSA) is 69.7 Å². The molecule has 1 aliphatic carbocycles. The number of phenols is 2. The Labute approximate surface area is 181 Å². The van der Waals surface area contributed by atoms with Crippen LogP contribution in [0, 0.1) is 5.92 Å². The van der Waals surface area contributed by atoms with Gasteiger partial charge in [-0.25, -0.2) is 0 Å². The molecule has 1 fully saturated rings. The normalized spacial score (nSPS) is 20.9. The molecule has 2 aliphatic rings. The number of aromatic hydroxyl groups is 2. The number of nitrogen functional groups attached to an aromatic ring is 1. The van der Waals surface area contributed by atoms with Crippen LogP contribution in [0.25, 0.3) is 0 Å². The van der Waals surface area contributed by atoms with Gasteiger partial charge in [0.1, 0.15) is 0 Å². The van der Waals surface area contributed by atoms with Crippen LogP contribution in [0.1, 0.15) is 35.4 Å². The summed E-state index contributed by atoms with van der Waals surface area (Å²) >= 11 is 0. The van der Waals surface area contributed by atoms with Gasteiger partial charge in [0, 0.05) is 30.3 Å². The molecule has 2 aromatic rings. The number of hydrogen-bond donors (Lipinski definition) is 3. The third-order valence-electron chi connectivity index (χ3n) is 5.90. The lowest BCUT2D eigenvalue weighted by molar-refractivity contribution is 0.316. The van der Waals surface area contributed by atoms with E-state index in [4.69, 9.17) is 5.73 Å². The molecule has 2 atom stereocenters. The van der Waals surface area contributed by atoms with Crippen LogP contribution in [0.15, 0.2) is 36.4 Å². The fourth-order valence-electron chi connectivity index (χ4n) is 4.56. The molecular weight excluding hydrogens is 472 g/mol. The van der Waals surface area contributed by atoms with Crippen molar-refractivity contribution in [3.8, 4) is 11.5 Å². The molecule has 4 rings (SSSR count). The maximum atomic E-state index is 10.1. The lowest BCUT2D eigenvalue weighted by Crippen LogP contribution is -2.22. The van der Waals surface area contributed by atoms with Crippen molar-refractivity contribution >= 4 is 39.7 Å². The summed E-state index contributed by atoms with van der Waals surface area (Å²) in [5.41, 5.74) is 10.1. The number of anilines is 1. The van der Waals surface area contributed by atoms with E-state index in [2.05, 4.69) is 17.0 Å². The Morgan fingerprint density at radius 1 is 1.00 bits per heavy atom. The van der Waals surface area contributed by atoms with Gasteiger partial charge in [-0.1, -0.05) is 18.2 Å². The maximum absolute atomic E-state index is 10.1. The van der Waals surface area contributed by atoms with Crippen molar-refractivity contribution in [3.05, 3.63) is 53.1 Å². The number of nitrogens with zero attached hydrogens (tertiary/aromatic N) is 1. The molecule has 1 saturated heterocycles. The summed E-state index contributed by atoms with van der Waals surface area (Å²) < 4.78 is 0. The molecule has 148 valence electrons. The fraction of sp³-hybridized carbons (Fsp3) is 0.429. The highest BCUT2D eigenvalue weighted by molar-refractivity contribution is 8.93. The zero-order valence-electron chi connectivity index (χ0n) is 15.3. The Kier molecular flexibility index (Phi) is 7.60. The number of fused-ring (bicyclic) bond motifs is 3. The quantitative estimate of drug-likeness (QED) is 0.430. The van der Waals surface area contributed by atoms with E-state index < -0.39 is 0 Å². The van der Waals surface area contributed by atoms with E-state index in [0.717, 1.165) is 56.6 Å². The summed E-state index contributed by atoms with van der Waals surface area (Å²) in [5.74, 6) is 1.27. The molecule has 2 aromatic carbocycles. The first-order valence-electron chi connectivity index (χ1n) is 9.22. The summed E-state index contributed by atoms with van der Waals surface area (Å²) in [7, 11) is 0. The van der Waals surface area contributed by atoms with Crippen molar-refractivity contribution < 1.29 is 10.2 Å². The summed E-state index contributed by atoms with van der Waals surface area (Å²) in [6, 6.07) is 11.8. The molecule has 0 spiro atoms. The van der Waals surface area contributed by atoms with E-state index in [1.807, 2.05) is 18.2 Å². The number of halogens is 2. The number of hydrogen-bond acceptors (Lipinski definition) is 4. The van der Waals surface area contributed by atoms with Crippen LogP contribution < -0.4 is 5.73 Å². The van der Waals surface area contributed by atoms with Gasteiger partial charge in [-0.15, -0.1) is 34.0 Å². The standard InChI is InChI=1S/C21H26N2O2.2BrH/c22-16-6-3-14(4-7-16)2-1-11-23-12-15-5-8-18-17(19(15)13-23)9-10-20(24)21(18)25;;/h3-4,6-7,9-10,15,19,24-25H,1-2,5,8,11-13,22H2;2*1H. The molecular formula is C21H28Br2N2O2. The second-order valence-electron chi connectivity index (χ2n) is 7.51. The van der Waals surface area contributed by atoms with E-state index in [1.54, 1.807) is 6.07 Å². The second kappa shape index (κ2) is 9.30. The average molecular weight is 500 g/mol. The zero-order valence-corrected chi connectivity index (χ0v) is 18.7. The van der Waals surface area contributed by atoms with E-state index in [0.29, 0.717) is 11.8 Å². The van der Waals surface area contributed by atoms with Gasteiger partial charge in [-0.05, 0) is 67.5 Å². The average Bonchev–Trinajstić information content (AvgIpc) is 3.03. The zero-order chi connectivity index (χ0) is 17.4. The minimum Gasteiger partial charge on any atom is -0.504 e. The molecule has 1 aliphatic heterocycles. The molecule has 0 amide bonds. The number of benzene rings is 2. The molecule has 2 unspecified atom stereocenters. The first-order chi connectivity index (χ1) is 12.1. The third kappa shape index (κ3) is 4.61. The Balaban J connectivity index is 0.00000131. The van der Waals surface area contributed by atoms with Crippen LogP contribution in [0.3, 0.4) is 0 Å². The van der Waals surface area contributed by atoms with Crippen LogP contribution in [-0.4, -0.2) is 34.7 Å². The minimum absolute atomic E-state index is 0. The van der Waals surface area contributed by atoms with Gasteiger partial charge in [0.05, 0.1) is 0 Å². The second-order valence-corrected chi connectivity index (χ2v) is 7.51. The molecule has 4 N–H and O–H groups in total. The van der Waals surface area contributed by atoms with Crippen molar-refractivity contribution in [2.45, 2.75) is 31.6 Å². The van der Waals surface area contributed by atoms with E-state index >= 15 is 0 Å². The third-order valence-corrected chi connectivity index (χ3v) is 5.90. The molecule has 0 bridgehead atoms. The molecule has 0 saturated carbocycles. The highest BCUT2D eigenvalue weighted by Gasteiger charge is 2.38. The van der Waals surface area contributed by atoms with Crippen molar-refractivity contribution in [1.82, 2.24) is 4.90 Å². The van der Waals surface area contributed by atoms with Gasteiger partial charge < -0.3 is 20.8 Å². The Hall–Kier alpha value is -1.24. The summed E-state index contributed by atoms with van der Waals surface area (Å²) in [4.78, 5) is 2.56. The number of likely N-dealkylation sites (tertiary alicyclic amines) is 1. The molecule has 1 heterocycles. The summed E-state index contributed by atoms with van der Waals surface area (Å²) in [5, 5.41) is 19.9. The van der Waals surface area contributed by atoms with Gasteiger partial charge in [-0.3, -0.25) is 0 Å². The molecule has 0 aromatic heterocycles. The first-order valence-corrected chi connectivity index (χ1v) is 9.22. The van der Waals surface area contributed by atoms with Crippen molar-refractivity contribution in [2.75, 3.05) is 25.4 Å². The molecule has 0 radical (unpaired) electrons. The molecule has 27 heavy (non-hydrogen) atoms. The molecule has 6 heteroatoms. The van der Waals surface area contributed by atoms with Crippen LogP contribution >= 0.6 is 34.0 Å². The lowest BCUT2D eigenvalue weighted by atomic mass is 9.77. The minimum atomic E-state index is 0. The fourth-order valence-corrected chi connectivity index (χ4v) is 4.56. The number of phenolic OH excluding ortho intramolecular Hbond substituents is 2.